The zero-order valence-corrected chi connectivity index (χ0v) is 10.3. The van der Waals surface area contributed by atoms with E-state index >= 15 is 0 Å². The molecule has 1 heterocycles. The zero-order chi connectivity index (χ0) is 12.0. The van der Waals surface area contributed by atoms with E-state index in [1.165, 1.54) is 0 Å². The smallest absolute Gasteiger partial charge is 0.304 e. The molecule has 4 nitrogen and oxygen atoms in total. The summed E-state index contributed by atoms with van der Waals surface area (Å²) < 4.78 is 5.76. The van der Waals surface area contributed by atoms with Gasteiger partial charge in [-0.1, -0.05) is 13.8 Å². The fraction of sp³-hybridized carbons (Fsp3) is 0.917. The fourth-order valence-electron chi connectivity index (χ4n) is 1.86. The van der Waals surface area contributed by atoms with Gasteiger partial charge in [0.1, 0.15) is 0 Å². The molecule has 1 rings (SSSR count). The molecule has 0 aliphatic carbocycles. The first kappa shape index (κ1) is 13.5. The van der Waals surface area contributed by atoms with Crippen LogP contribution in [0.2, 0.25) is 0 Å². The van der Waals surface area contributed by atoms with Gasteiger partial charge in [-0.25, -0.2) is 0 Å². The van der Waals surface area contributed by atoms with Gasteiger partial charge in [-0.15, -0.1) is 0 Å². The molecule has 0 amide bonds. The van der Waals surface area contributed by atoms with Gasteiger partial charge in [-0.3, -0.25) is 4.79 Å². The van der Waals surface area contributed by atoms with Gasteiger partial charge in [0.25, 0.3) is 0 Å². The van der Waals surface area contributed by atoms with Crippen LogP contribution in [0, 0.1) is 5.92 Å². The van der Waals surface area contributed by atoms with Crippen LogP contribution in [0.4, 0.5) is 0 Å². The molecule has 1 fully saturated rings. The second kappa shape index (κ2) is 6.86. The predicted molar refractivity (Wildman–Crippen MR) is 62.5 cm³/mol. The Morgan fingerprint density at radius 1 is 1.56 bits per heavy atom. The lowest BCUT2D eigenvalue weighted by Crippen LogP contribution is -2.26. The molecule has 0 aromatic rings. The van der Waals surface area contributed by atoms with Crippen LogP contribution in [0.25, 0.3) is 0 Å². The Morgan fingerprint density at radius 2 is 2.31 bits per heavy atom. The van der Waals surface area contributed by atoms with E-state index in [0.29, 0.717) is 18.6 Å². The van der Waals surface area contributed by atoms with E-state index < -0.39 is 5.97 Å². The third-order valence-corrected chi connectivity index (χ3v) is 2.92. The molecule has 0 saturated carbocycles. The van der Waals surface area contributed by atoms with Crippen molar-refractivity contribution in [2.45, 2.75) is 39.2 Å². The number of carbonyl (C=O) groups is 1. The number of rotatable bonds is 7. The molecule has 1 atom stereocenters. The largest absolute Gasteiger partial charge is 0.481 e. The quantitative estimate of drug-likeness (QED) is 0.720. The van der Waals surface area contributed by atoms with E-state index in [-0.39, 0.29) is 6.42 Å². The minimum atomic E-state index is -0.718. The van der Waals surface area contributed by atoms with E-state index in [2.05, 4.69) is 18.7 Å². The summed E-state index contributed by atoms with van der Waals surface area (Å²) in [6.45, 7) is 7.73. The molecule has 0 spiro atoms. The Balaban J connectivity index is 2.07. The van der Waals surface area contributed by atoms with Gasteiger partial charge in [0, 0.05) is 26.2 Å². The summed E-state index contributed by atoms with van der Waals surface area (Å²) in [6.07, 6.45) is 2.69. The first-order chi connectivity index (χ1) is 7.58. The summed E-state index contributed by atoms with van der Waals surface area (Å²) >= 11 is 0. The highest BCUT2D eigenvalue weighted by molar-refractivity contribution is 5.66. The summed E-state index contributed by atoms with van der Waals surface area (Å²) in [5.41, 5.74) is 0. The molecular formula is C12H23NO3. The van der Waals surface area contributed by atoms with Crippen LogP contribution in [0.5, 0.6) is 0 Å². The van der Waals surface area contributed by atoms with Gasteiger partial charge in [-0.05, 0) is 18.8 Å². The first-order valence-corrected chi connectivity index (χ1v) is 6.13. The molecule has 1 aliphatic rings. The average molecular weight is 229 g/mol. The molecule has 0 radical (unpaired) electrons. The first-order valence-electron chi connectivity index (χ1n) is 6.13. The Bertz CT molecular complexity index is 218. The van der Waals surface area contributed by atoms with Crippen molar-refractivity contribution >= 4 is 5.97 Å². The van der Waals surface area contributed by atoms with Crippen molar-refractivity contribution in [1.29, 1.82) is 0 Å². The van der Waals surface area contributed by atoms with Crippen LogP contribution in [-0.4, -0.2) is 48.3 Å². The Kier molecular flexibility index (Phi) is 5.77. The van der Waals surface area contributed by atoms with Crippen molar-refractivity contribution in [2.24, 2.45) is 5.92 Å². The standard InChI is InChI=1S/C12H23NO3/c1-10(2)5-8-16-11-3-6-13(9-11)7-4-12(14)15/h10-11H,3-9H2,1-2H3,(H,14,15)/t11-/m1/s1. The molecule has 0 aromatic carbocycles. The second-order valence-electron chi connectivity index (χ2n) is 4.91. The van der Waals surface area contributed by atoms with Gasteiger partial charge < -0.3 is 14.7 Å². The SMILES string of the molecule is CC(C)CCO[C@@H]1CCN(CCC(=O)O)C1. The maximum atomic E-state index is 10.4. The summed E-state index contributed by atoms with van der Waals surface area (Å²) in [5.74, 6) is -0.0336. The van der Waals surface area contributed by atoms with E-state index in [4.69, 9.17) is 9.84 Å². The molecule has 94 valence electrons. The molecule has 1 saturated heterocycles. The van der Waals surface area contributed by atoms with E-state index in [1.54, 1.807) is 0 Å². The summed E-state index contributed by atoms with van der Waals surface area (Å²) in [6, 6.07) is 0. The van der Waals surface area contributed by atoms with Gasteiger partial charge in [-0.2, -0.15) is 0 Å². The molecule has 1 N–H and O–H groups in total. The van der Waals surface area contributed by atoms with Gasteiger partial charge in [0.15, 0.2) is 0 Å². The Hall–Kier alpha value is -0.610. The zero-order valence-electron chi connectivity index (χ0n) is 10.3. The summed E-state index contributed by atoms with van der Waals surface area (Å²) in [5, 5.41) is 8.58. The minimum absolute atomic E-state index is 0.235. The number of nitrogens with zero attached hydrogens (tertiary/aromatic N) is 1. The highest BCUT2D eigenvalue weighted by Crippen LogP contribution is 2.13. The normalized spacial score (nSPS) is 21.8. The van der Waals surface area contributed by atoms with Crippen LogP contribution in [-0.2, 0) is 9.53 Å². The third-order valence-electron chi connectivity index (χ3n) is 2.92. The van der Waals surface area contributed by atoms with Crippen molar-refractivity contribution in [1.82, 2.24) is 4.90 Å². The fourth-order valence-corrected chi connectivity index (χ4v) is 1.86. The van der Waals surface area contributed by atoms with Crippen LogP contribution < -0.4 is 0 Å². The number of aliphatic carboxylic acids is 1. The molecule has 4 heteroatoms. The van der Waals surface area contributed by atoms with Crippen LogP contribution in [0.15, 0.2) is 0 Å². The number of carboxylic acid groups (broad SMARTS) is 1. The number of hydrogen-bond acceptors (Lipinski definition) is 3. The lowest BCUT2D eigenvalue weighted by molar-refractivity contribution is -0.137. The van der Waals surface area contributed by atoms with Crippen molar-refractivity contribution in [3.05, 3.63) is 0 Å². The van der Waals surface area contributed by atoms with Crippen LogP contribution >= 0.6 is 0 Å². The van der Waals surface area contributed by atoms with Crippen molar-refractivity contribution in [3.63, 3.8) is 0 Å². The van der Waals surface area contributed by atoms with Gasteiger partial charge in [0.2, 0.25) is 0 Å². The monoisotopic (exact) mass is 229 g/mol. The molecule has 1 aliphatic heterocycles. The summed E-state index contributed by atoms with van der Waals surface area (Å²) in [7, 11) is 0. The topological polar surface area (TPSA) is 49.8 Å². The summed E-state index contributed by atoms with van der Waals surface area (Å²) in [4.78, 5) is 12.6. The van der Waals surface area contributed by atoms with Crippen molar-refractivity contribution in [3.8, 4) is 0 Å². The third kappa shape index (κ3) is 5.47. The van der Waals surface area contributed by atoms with Crippen LogP contribution in [0.1, 0.15) is 33.1 Å². The second-order valence-corrected chi connectivity index (χ2v) is 4.91. The number of carboxylic acids is 1. The van der Waals surface area contributed by atoms with E-state index in [0.717, 1.165) is 32.5 Å². The maximum Gasteiger partial charge on any atom is 0.304 e. The minimum Gasteiger partial charge on any atom is -0.481 e. The van der Waals surface area contributed by atoms with Crippen LogP contribution in [0.3, 0.4) is 0 Å². The molecule has 0 aromatic heterocycles. The molecule has 0 bridgehead atoms. The van der Waals surface area contributed by atoms with E-state index in [1.807, 2.05) is 0 Å². The average Bonchev–Trinajstić information content (AvgIpc) is 2.62. The predicted octanol–water partition coefficient (Wildman–Crippen LogP) is 1.60. The maximum absolute atomic E-state index is 10.4. The highest BCUT2D eigenvalue weighted by atomic mass is 16.5. The molecule has 16 heavy (non-hydrogen) atoms. The lowest BCUT2D eigenvalue weighted by Gasteiger charge is -2.15. The van der Waals surface area contributed by atoms with Gasteiger partial charge in [0.05, 0.1) is 12.5 Å². The number of likely N-dealkylation sites (tertiary alicyclic amines) is 1. The lowest BCUT2D eigenvalue weighted by atomic mass is 10.1. The van der Waals surface area contributed by atoms with E-state index in [9.17, 15) is 4.79 Å². The van der Waals surface area contributed by atoms with Gasteiger partial charge >= 0.3 is 5.97 Å². The van der Waals surface area contributed by atoms with Crippen molar-refractivity contribution < 1.29 is 14.6 Å². The number of ether oxygens (including phenoxy) is 1. The molecular weight excluding hydrogens is 206 g/mol. The number of hydrogen-bond donors (Lipinski definition) is 1. The van der Waals surface area contributed by atoms with Crippen molar-refractivity contribution in [2.75, 3.05) is 26.2 Å². The highest BCUT2D eigenvalue weighted by Gasteiger charge is 2.22. The Morgan fingerprint density at radius 3 is 2.94 bits per heavy atom. The molecule has 0 unspecified atom stereocenters. The Labute approximate surface area is 97.6 Å².